The SMILES string of the molecule is O=C(C=Cc1ccco1)N1CCN(c2ccc(-c3cccnc3)nn2)CC1. The fourth-order valence-corrected chi connectivity index (χ4v) is 2.96. The van der Waals surface area contributed by atoms with Gasteiger partial charge in [0.05, 0.1) is 12.0 Å². The first-order valence-electron chi connectivity index (χ1n) is 8.79. The van der Waals surface area contributed by atoms with Gasteiger partial charge < -0.3 is 14.2 Å². The third-order valence-electron chi connectivity index (χ3n) is 4.46. The van der Waals surface area contributed by atoms with Gasteiger partial charge in [0.25, 0.3) is 0 Å². The van der Waals surface area contributed by atoms with Crippen molar-refractivity contribution in [1.29, 1.82) is 0 Å². The van der Waals surface area contributed by atoms with Crippen LogP contribution in [0, 0.1) is 0 Å². The van der Waals surface area contributed by atoms with Gasteiger partial charge in [-0.15, -0.1) is 10.2 Å². The van der Waals surface area contributed by atoms with Gasteiger partial charge in [-0.25, -0.2) is 0 Å². The van der Waals surface area contributed by atoms with E-state index in [0.29, 0.717) is 18.8 Å². The number of furan rings is 1. The monoisotopic (exact) mass is 361 g/mol. The van der Waals surface area contributed by atoms with Gasteiger partial charge in [-0.2, -0.15) is 0 Å². The average molecular weight is 361 g/mol. The van der Waals surface area contributed by atoms with Crippen LogP contribution in [0.1, 0.15) is 5.76 Å². The van der Waals surface area contributed by atoms with Crippen LogP contribution in [0.4, 0.5) is 5.82 Å². The lowest BCUT2D eigenvalue weighted by atomic mass is 10.2. The molecular weight excluding hydrogens is 342 g/mol. The fourth-order valence-electron chi connectivity index (χ4n) is 2.96. The molecule has 7 heteroatoms. The molecule has 0 radical (unpaired) electrons. The first-order chi connectivity index (χ1) is 13.3. The third-order valence-corrected chi connectivity index (χ3v) is 4.46. The van der Waals surface area contributed by atoms with Crippen molar-refractivity contribution in [2.24, 2.45) is 0 Å². The Hall–Kier alpha value is -3.48. The fraction of sp³-hybridized carbons (Fsp3) is 0.200. The highest BCUT2D eigenvalue weighted by Gasteiger charge is 2.20. The molecule has 0 atom stereocenters. The molecule has 27 heavy (non-hydrogen) atoms. The van der Waals surface area contributed by atoms with Crippen LogP contribution in [0.5, 0.6) is 0 Å². The molecule has 0 aliphatic carbocycles. The molecule has 7 nitrogen and oxygen atoms in total. The lowest BCUT2D eigenvalue weighted by Gasteiger charge is -2.34. The standard InChI is InChI=1S/C20H19N5O2/c26-20(8-5-17-4-2-14-27-17)25-12-10-24(11-13-25)19-7-6-18(22-23-19)16-3-1-9-21-15-16/h1-9,14-15H,10-13H2. The smallest absolute Gasteiger partial charge is 0.246 e. The number of hydrogen-bond donors (Lipinski definition) is 0. The van der Waals surface area contributed by atoms with Crippen LogP contribution in [-0.4, -0.2) is 52.2 Å². The Labute approximate surface area is 157 Å². The summed E-state index contributed by atoms with van der Waals surface area (Å²) < 4.78 is 5.20. The van der Waals surface area contributed by atoms with E-state index < -0.39 is 0 Å². The number of carbonyl (C=O) groups excluding carboxylic acids is 1. The van der Waals surface area contributed by atoms with Crippen LogP contribution < -0.4 is 4.90 Å². The minimum Gasteiger partial charge on any atom is -0.465 e. The number of carbonyl (C=O) groups is 1. The van der Waals surface area contributed by atoms with Gasteiger partial charge in [0.1, 0.15) is 5.76 Å². The highest BCUT2D eigenvalue weighted by molar-refractivity contribution is 5.91. The molecule has 0 unspecified atom stereocenters. The topological polar surface area (TPSA) is 75.4 Å². The molecule has 0 saturated carbocycles. The molecular formula is C20H19N5O2. The summed E-state index contributed by atoms with van der Waals surface area (Å²) in [5, 5.41) is 8.64. The Morgan fingerprint density at radius 2 is 1.93 bits per heavy atom. The summed E-state index contributed by atoms with van der Waals surface area (Å²) in [5.74, 6) is 1.48. The number of anilines is 1. The van der Waals surface area contributed by atoms with E-state index in [-0.39, 0.29) is 5.91 Å². The highest BCUT2D eigenvalue weighted by Crippen LogP contribution is 2.18. The van der Waals surface area contributed by atoms with Crippen molar-refractivity contribution >= 4 is 17.8 Å². The molecule has 4 heterocycles. The molecule has 4 rings (SSSR count). The van der Waals surface area contributed by atoms with Crippen molar-refractivity contribution in [3.63, 3.8) is 0 Å². The number of hydrogen-bond acceptors (Lipinski definition) is 6. The summed E-state index contributed by atoms with van der Waals surface area (Å²) in [5.41, 5.74) is 1.74. The molecule has 1 amide bonds. The summed E-state index contributed by atoms with van der Waals surface area (Å²) in [6, 6.07) is 11.4. The Morgan fingerprint density at radius 3 is 2.59 bits per heavy atom. The highest BCUT2D eigenvalue weighted by atomic mass is 16.3. The molecule has 1 aliphatic rings. The first-order valence-corrected chi connectivity index (χ1v) is 8.79. The maximum atomic E-state index is 12.3. The quantitative estimate of drug-likeness (QED) is 0.665. The van der Waals surface area contributed by atoms with Gasteiger partial charge >= 0.3 is 0 Å². The number of nitrogens with zero attached hydrogens (tertiary/aromatic N) is 5. The van der Waals surface area contributed by atoms with Crippen molar-refractivity contribution in [3.8, 4) is 11.3 Å². The molecule has 1 fully saturated rings. The number of aromatic nitrogens is 3. The molecule has 1 aliphatic heterocycles. The van der Waals surface area contributed by atoms with Crippen LogP contribution in [0.15, 0.2) is 65.5 Å². The first kappa shape index (κ1) is 17.0. The van der Waals surface area contributed by atoms with E-state index in [0.717, 1.165) is 30.2 Å². The van der Waals surface area contributed by atoms with Crippen molar-refractivity contribution in [2.75, 3.05) is 31.1 Å². The number of pyridine rings is 1. The number of rotatable bonds is 4. The van der Waals surface area contributed by atoms with E-state index in [2.05, 4.69) is 20.1 Å². The summed E-state index contributed by atoms with van der Waals surface area (Å²) in [7, 11) is 0. The maximum Gasteiger partial charge on any atom is 0.246 e. The van der Waals surface area contributed by atoms with E-state index in [1.165, 1.54) is 0 Å². The zero-order valence-corrected chi connectivity index (χ0v) is 14.7. The van der Waals surface area contributed by atoms with Gasteiger partial charge in [-0.3, -0.25) is 9.78 Å². The van der Waals surface area contributed by atoms with Crippen molar-refractivity contribution in [1.82, 2.24) is 20.1 Å². The average Bonchev–Trinajstić information content (AvgIpc) is 3.27. The van der Waals surface area contributed by atoms with Gasteiger partial charge in [0.15, 0.2) is 5.82 Å². The minimum absolute atomic E-state index is 0.0101. The summed E-state index contributed by atoms with van der Waals surface area (Å²) in [6.45, 7) is 2.74. The Kier molecular flexibility index (Phi) is 4.91. The molecule has 0 aromatic carbocycles. The van der Waals surface area contributed by atoms with Gasteiger partial charge in [-0.1, -0.05) is 0 Å². The molecule has 0 bridgehead atoms. The Morgan fingerprint density at radius 1 is 1.04 bits per heavy atom. The molecule has 3 aromatic heterocycles. The zero-order valence-electron chi connectivity index (χ0n) is 14.7. The maximum absolute atomic E-state index is 12.3. The molecule has 1 saturated heterocycles. The van der Waals surface area contributed by atoms with Crippen LogP contribution in [0.3, 0.4) is 0 Å². The minimum atomic E-state index is -0.0101. The van der Waals surface area contributed by atoms with Gasteiger partial charge in [0.2, 0.25) is 5.91 Å². The van der Waals surface area contributed by atoms with E-state index in [4.69, 9.17) is 4.42 Å². The summed E-state index contributed by atoms with van der Waals surface area (Å²) in [6.07, 6.45) is 8.33. The molecule has 136 valence electrons. The van der Waals surface area contributed by atoms with Crippen molar-refractivity contribution in [3.05, 3.63) is 66.9 Å². The second-order valence-electron chi connectivity index (χ2n) is 6.18. The molecule has 0 spiro atoms. The second kappa shape index (κ2) is 7.82. The van der Waals surface area contributed by atoms with Gasteiger partial charge in [-0.05, 0) is 42.5 Å². The predicted octanol–water partition coefficient (Wildman–Crippen LogP) is 2.49. The predicted molar refractivity (Wildman–Crippen MR) is 102 cm³/mol. The van der Waals surface area contributed by atoms with Crippen LogP contribution in [0.25, 0.3) is 17.3 Å². The molecule has 0 N–H and O–H groups in total. The lowest BCUT2D eigenvalue weighted by Crippen LogP contribution is -2.48. The van der Waals surface area contributed by atoms with E-state index in [1.54, 1.807) is 36.9 Å². The Bertz CT molecular complexity index is 899. The second-order valence-corrected chi connectivity index (χ2v) is 6.18. The largest absolute Gasteiger partial charge is 0.465 e. The summed E-state index contributed by atoms with van der Waals surface area (Å²) in [4.78, 5) is 20.4. The summed E-state index contributed by atoms with van der Waals surface area (Å²) >= 11 is 0. The van der Waals surface area contributed by atoms with Crippen LogP contribution in [-0.2, 0) is 4.79 Å². The lowest BCUT2D eigenvalue weighted by molar-refractivity contribution is -0.126. The third kappa shape index (κ3) is 4.03. The normalized spacial score (nSPS) is 14.7. The number of amides is 1. The molecule has 3 aromatic rings. The van der Waals surface area contributed by atoms with Crippen LogP contribution >= 0.6 is 0 Å². The van der Waals surface area contributed by atoms with Crippen LogP contribution in [0.2, 0.25) is 0 Å². The zero-order chi connectivity index (χ0) is 18.5. The van der Waals surface area contributed by atoms with Gasteiger partial charge in [0, 0.05) is 50.2 Å². The van der Waals surface area contributed by atoms with E-state index in [9.17, 15) is 4.79 Å². The number of piperazine rings is 1. The van der Waals surface area contributed by atoms with Crippen molar-refractivity contribution < 1.29 is 9.21 Å². The van der Waals surface area contributed by atoms with E-state index >= 15 is 0 Å². The Balaban J connectivity index is 1.34. The van der Waals surface area contributed by atoms with E-state index in [1.807, 2.05) is 35.2 Å². The van der Waals surface area contributed by atoms with Crippen molar-refractivity contribution in [2.45, 2.75) is 0 Å².